The Labute approximate surface area is 102 Å². The van der Waals surface area contributed by atoms with E-state index >= 15 is 0 Å². The van der Waals surface area contributed by atoms with Gasteiger partial charge in [-0.1, -0.05) is 47.0 Å². The summed E-state index contributed by atoms with van der Waals surface area (Å²) >= 11 is 0. The zero-order valence-electron chi connectivity index (χ0n) is 11.7. The largest absolute Gasteiger partial charge is 0.390 e. The second kappa shape index (κ2) is 5.53. The summed E-state index contributed by atoms with van der Waals surface area (Å²) in [6.45, 7) is 9.21. The lowest BCUT2D eigenvalue weighted by Crippen LogP contribution is -2.30. The number of hydrogen-bond donors (Lipinski definition) is 1. The van der Waals surface area contributed by atoms with Gasteiger partial charge in [0.05, 0.1) is 5.60 Å². The highest BCUT2D eigenvalue weighted by atomic mass is 16.3. The molecular formula is C15H30O. The van der Waals surface area contributed by atoms with Crippen LogP contribution in [0.5, 0.6) is 0 Å². The van der Waals surface area contributed by atoms with Crippen LogP contribution in [0, 0.1) is 11.3 Å². The fourth-order valence-corrected chi connectivity index (χ4v) is 3.16. The van der Waals surface area contributed by atoms with Crippen LogP contribution in [0.3, 0.4) is 0 Å². The van der Waals surface area contributed by atoms with Crippen LogP contribution in [0.1, 0.15) is 79.1 Å². The van der Waals surface area contributed by atoms with Crippen LogP contribution in [0.4, 0.5) is 0 Å². The Hall–Kier alpha value is -0.0400. The molecule has 0 aromatic rings. The lowest BCUT2D eigenvalue weighted by molar-refractivity contribution is -0.0000619. The molecule has 0 aliphatic heterocycles. The van der Waals surface area contributed by atoms with Gasteiger partial charge in [0.15, 0.2) is 0 Å². The van der Waals surface area contributed by atoms with Crippen LogP contribution >= 0.6 is 0 Å². The lowest BCUT2D eigenvalue weighted by Gasteiger charge is -2.30. The number of rotatable bonds is 4. The highest BCUT2D eigenvalue weighted by Gasteiger charge is 2.34. The Balaban J connectivity index is 2.50. The minimum atomic E-state index is -0.359. The van der Waals surface area contributed by atoms with E-state index < -0.39 is 0 Å². The van der Waals surface area contributed by atoms with Crippen LogP contribution in [0.25, 0.3) is 0 Å². The van der Waals surface area contributed by atoms with Crippen LogP contribution in [0.15, 0.2) is 0 Å². The van der Waals surface area contributed by atoms with Crippen molar-refractivity contribution in [1.82, 2.24) is 0 Å². The molecule has 0 spiro atoms. The van der Waals surface area contributed by atoms with Crippen molar-refractivity contribution >= 4 is 0 Å². The molecule has 96 valence electrons. The average Bonchev–Trinajstić information content (AvgIpc) is 2.26. The SMILES string of the molecule is CCCC(C)CC1(O)CCCC(C)(C)CC1. The van der Waals surface area contributed by atoms with Crippen LogP contribution < -0.4 is 0 Å². The first kappa shape index (κ1) is 14.0. The smallest absolute Gasteiger partial charge is 0.0650 e. The first-order valence-corrected chi connectivity index (χ1v) is 7.09. The molecule has 2 atom stereocenters. The molecule has 0 aromatic carbocycles. The van der Waals surface area contributed by atoms with Gasteiger partial charge in [-0.15, -0.1) is 0 Å². The quantitative estimate of drug-likeness (QED) is 0.698. The Morgan fingerprint density at radius 1 is 1.12 bits per heavy atom. The molecule has 1 saturated carbocycles. The summed E-state index contributed by atoms with van der Waals surface area (Å²) in [5, 5.41) is 10.7. The Morgan fingerprint density at radius 3 is 2.44 bits per heavy atom. The maximum atomic E-state index is 10.7. The zero-order chi connectivity index (χ0) is 12.2. The summed E-state index contributed by atoms with van der Waals surface area (Å²) in [6.07, 6.45) is 9.19. The summed E-state index contributed by atoms with van der Waals surface area (Å²) in [6, 6.07) is 0. The van der Waals surface area contributed by atoms with Gasteiger partial charge in [0.2, 0.25) is 0 Å². The molecule has 0 saturated heterocycles. The van der Waals surface area contributed by atoms with E-state index in [1.165, 1.54) is 32.1 Å². The van der Waals surface area contributed by atoms with Gasteiger partial charge in [0.1, 0.15) is 0 Å². The Bertz CT molecular complexity index is 209. The highest BCUT2D eigenvalue weighted by Crippen LogP contribution is 2.40. The van der Waals surface area contributed by atoms with Crippen molar-refractivity contribution in [3.05, 3.63) is 0 Å². The lowest BCUT2D eigenvalue weighted by atomic mass is 9.81. The van der Waals surface area contributed by atoms with Crippen molar-refractivity contribution in [2.75, 3.05) is 0 Å². The van der Waals surface area contributed by atoms with Crippen molar-refractivity contribution < 1.29 is 5.11 Å². The molecule has 0 aromatic heterocycles. The molecular weight excluding hydrogens is 196 g/mol. The zero-order valence-corrected chi connectivity index (χ0v) is 11.7. The van der Waals surface area contributed by atoms with E-state index in [0.29, 0.717) is 11.3 Å². The summed E-state index contributed by atoms with van der Waals surface area (Å²) < 4.78 is 0. The summed E-state index contributed by atoms with van der Waals surface area (Å²) in [7, 11) is 0. The summed E-state index contributed by atoms with van der Waals surface area (Å²) in [4.78, 5) is 0. The van der Waals surface area contributed by atoms with Crippen molar-refractivity contribution in [2.24, 2.45) is 11.3 Å². The molecule has 1 aliphatic carbocycles. The third-order valence-electron chi connectivity index (χ3n) is 4.27. The second-order valence-corrected chi connectivity index (χ2v) is 6.84. The summed E-state index contributed by atoms with van der Waals surface area (Å²) in [5.74, 6) is 0.677. The van der Waals surface area contributed by atoms with Crippen LogP contribution in [-0.4, -0.2) is 10.7 Å². The molecule has 1 heteroatoms. The van der Waals surface area contributed by atoms with Gasteiger partial charge in [0.25, 0.3) is 0 Å². The molecule has 1 nitrogen and oxygen atoms in total. The highest BCUT2D eigenvalue weighted by molar-refractivity contribution is 4.87. The van der Waals surface area contributed by atoms with Gasteiger partial charge in [0, 0.05) is 0 Å². The van der Waals surface area contributed by atoms with E-state index in [-0.39, 0.29) is 5.60 Å². The normalized spacial score (nSPS) is 32.1. The third kappa shape index (κ3) is 4.45. The van der Waals surface area contributed by atoms with Crippen LogP contribution in [0.2, 0.25) is 0 Å². The predicted molar refractivity (Wildman–Crippen MR) is 70.5 cm³/mol. The molecule has 1 aliphatic rings. The van der Waals surface area contributed by atoms with Gasteiger partial charge < -0.3 is 5.11 Å². The van der Waals surface area contributed by atoms with Crippen molar-refractivity contribution in [2.45, 2.75) is 84.7 Å². The molecule has 1 rings (SSSR count). The van der Waals surface area contributed by atoms with E-state index in [4.69, 9.17) is 0 Å². The minimum absolute atomic E-state index is 0.359. The average molecular weight is 226 g/mol. The molecule has 1 N–H and O–H groups in total. The van der Waals surface area contributed by atoms with Gasteiger partial charge in [-0.25, -0.2) is 0 Å². The Morgan fingerprint density at radius 2 is 1.81 bits per heavy atom. The summed E-state index contributed by atoms with van der Waals surface area (Å²) in [5.41, 5.74) is 0.0842. The molecule has 0 heterocycles. The van der Waals surface area contributed by atoms with E-state index in [1.807, 2.05) is 0 Å². The first-order chi connectivity index (χ1) is 7.37. The fourth-order valence-electron chi connectivity index (χ4n) is 3.16. The molecule has 1 fully saturated rings. The molecule has 2 unspecified atom stereocenters. The first-order valence-electron chi connectivity index (χ1n) is 7.09. The molecule has 0 bridgehead atoms. The standard InChI is InChI=1S/C15H30O/c1-5-7-13(2)12-15(16)9-6-8-14(3,4)10-11-15/h13,16H,5-12H2,1-4H3. The van der Waals surface area contributed by atoms with Crippen LogP contribution in [-0.2, 0) is 0 Å². The second-order valence-electron chi connectivity index (χ2n) is 6.84. The van der Waals surface area contributed by atoms with Crippen molar-refractivity contribution in [3.63, 3.8) is 0 Å². The number of aliphatic hydroxyl groups is 1. The fraction of sp³-hybridized carbons (Fsp3) is 1.00. The monoisotopic (exact) mass is 226 g/mol. The van der Waals surface area contributed by atoms with Crippen molar-refractivity contribution in [1.29, 1.82) is 0 Å². The maximum absolute atomic E-state index is 10.7. The van der Waals surface area contributed by atoms with Crippen molar-refractivity contribution in [3.8, 4) is 0 Å². The van der Waals surface area contributed by atoms with E-state index in [1.54, 1.807) is 0 Å². The Kier molecular flexibility index (Phi) is 4.85. The molecule has 0 radical (unpaired) electrons. The van der Waals surface area contributed by atoms with Gasteiger partial charge >= 0.3 is 0 Å². The molecule has 0 amide bonds. The van der Waals surface area contributed by atoms with Gasteiger partial charge in [-0.3, -0.25) is 0 Å². The predicted octanol–water partition coefficient (Wildman–Crippen LogP) is 4.53. The van der Waals surface area contributed by atoms with Gasteiger partial charge in [-0.05, 0) is 43.4 Å². The van der Waals surface area contributed by atoms with E-state index in [9.17, 15) is 5.11 Å². The maximum Gasteiger partial charge on any atom is 0.0650 e. The van der Waals surface area contributed by atoms with Gasteiger partial charge in [-0.2, -0.15) is 0 Å². The van der Waals surface area contributed by atoms with E-state index in [0.717, 1.165) is 19.3 Å². The minimum Gasteiger partial charge on any atom is -0.390 e. The third-order valence-corrected chi connectivity index (χ3v) is 4.27. The van der Waals surface area contributed by atoms with E-state index in [2.05, 4.69) is 27.7 Å². The number of hydrogen-bond acceptors (Lipinski definition) is 1. The topological polar surface area (TPSA) is 20.2 Å². The molecule has 16 heavy (non-hydrogen) atoms.